The standard InChI is InChI=1S/C36H78Si6/c1-37(2,3)25-19-31-32(20-26-38(4,5)6)34(22-28-40(10,11)12)36(24-30-42(16,17)18)35(23-29-41(13,14)15)33(31)21-27-39(7,8)9/h19-30H2,1-18H3. The smallest absolute Gasteiger partial charge is 0.0445 e. The molecule has 6 heteroatoms. The Morgan fingerprint density at radius 3 is 0.381 bits per heavy atom. The van der Waals surface area contributed by atoms with Gasteiger partial charge in [-0.3, -0.25) is 0 Å². The molecule has 246 valence electrons. The summed E-state index contributed by atoms with van der Waals surface area (Å²) in [7, 11) is -6.92. The lowest BCUT2D eigenvalue weighted by Gasteiger charge is -2.32. The minimum Gasteiger partial charge on any atom is -0.0695 e. The Kier molecular flexibility index (Phi) is 14.9. The van der Waals surface area contributed by atoms with Crippen molar-refractivity contribution in [1.29, 1.82) is 0 Å². The molecule has 0 aliphatic rings. The van der Waals surface area contributed by atoms with Crippen molar-refractivity contribution in [2.75, 3.05) is 0 Å². The molecular weight excluding hydrogens is 601 g/mol. The molecule has 0 saturated carbocycles. The summed E-state index contributed by atoms with van der Waals surface area (Å²) in [5, 5.41) is 0. The van der Waals surface area contributed by atoms with Gasteiger partial charge in [-0.05, 0) is 71.9 Å². The van der Waals surface area contributed by atoms with Crippen molar-refractivity contribution in [2.45, 2.75) is 193 Å². The van der Waals surface area contributed by atoms with Gasteiger partial charge in [0, 0.05) is 48.4 Å². The van der Waals surface area contributed by atoms with Crippen LogP contribution in [0.15, 0.2) is 0 Å². The molecule has 42 heavy (non-hydrogen) atoms. The van der Waals surface area contributed by atoms with Crippen LogP contribution in [-0.4, -0.2) is 48.4 Å². The van der Waals surface area contributed by atoms with Crippen LogP contribution in [-0.2, 0) is 38.5 Å². The van der Waals surface area contributed by atoms with Crippen molar-refractivity contribution in [3.8, 4) is 0 Å². The van der Waals surface area contributed by atoms with Crippen LogP contribution in [0.5, 0.6) is 0 Å². The minimum atomic E-state index is -1.15. The molecule has 0 aromatic heterocycles. The van der Waals surface area contributed by atoms with Crippen LogP contribution in [0, 0.1) is 0 Å². The quantitative estimate of drug-likeness (QED) is 0.136. The molecule has 0 aliphatic carbocycles. The van der Waals surface area contributed by atoms with Crippen molar-refractivity contribution in [1.82, 2.24) is 0 Å². The predicted octanol–water partition coefficient (Wildman–Crippen LogP) is 13.0. The molecule has 0 spiro atoms. The van der Waals surface area contributed by atoms with E-state index in [1.165, 1.54) is 74.8 Å². The Morgan fingerprint density at radius 2 is 0.310 bits per heavy atom. The van der Waals surface area contributed by atoms with Gasteiger partial charge in [-0.1, -0.05) is 154 Å². The van der Waals surface area contributed by atoms with Gasteiger partial charge in [0.15, 0.2) is 0 Å². The van der Waals surface area contributed by atoms with Gasteiger partial charge in [0.2, 0.25) is 0 Å². The fraction of sp³-hybridized carbons (Fsp3) is 0.833. The molecular formula is C36H78Si6. The van der Waals surface area contributed by atoms with Crippen LogP contribution < -0.4 is 0 Å². The van der Waals surface area contributed by atoms with Crippen molar-refractivity contribution < 1.29 is 0 Å². The zero-order chi connectivity index (χ0) is 32.9. The van der Waals surface area contributed by atoms with Gasteiger partial charge < -0.3 is 0 Å². The minimum absolute atomic E-state index is 1.15. The number of benzene rings is 1. The SMILES string of the molecule is C[Si](C)(C)CCc1c(CC[Si](C)(C)C)c(CC[Si](C)(C)C)c(CC[Si](C)(C)C)c(CC[Si](C)(C)C)c1CC[Si](C)(C)C. The molecule has 0 saturated heterocycles. The summed E-state index contributed by atoms with van der Waals surface area (Å²) in [6.07, 6.45) is 8.12. The molecule has 0 bridgehead atoms. The first kappa shape index (κ1) is 40.5. The Bertz CT molecular complexity index is 754. The molecule has 0 nitrogen and oxygen atoms in total. The topological polar surface area (TPSA) is 0 Å². The molecule has 0 aliphatic heterocycles. The maximum atomic E-state index is 2.61. The maximum absolute atomic E-state index is 2.61. The van der Waals surface area contributed by atoms with E-state index in [0.717, 1.165) is 0 Å². The second kappa shape index (κ2) is 15.4. The second-order valence-corrected chi connectivity index (χ2v) is 55.0. The maximum Gasteiger partial charge on any atom is 0.0445 e. The van der Waals surface area contributed by atoms with Gasteiger partial charge in [0.1, 0.15) is 0 Å². The van der Waals surface area contributed by atoms with E-state index in [2.05, 4.69) is 118 Å². The van der Waals surface area contributed by atoms with E-state index in [1.807, 2.05) is 33.4 Å². The largest absolute Gasteiger partial charge is 0.0695 e. The number of hydrogen-bond donors (Lipinski definition) is 0. The van der Waals surface area contributed by atoms with Crippen LogP contribution >= 0.6 is 0 Å². The molecule has 0 unspecified atom stereocenters. The van der Waals surface area contributed by atoms with E-state index in [-0.39, 0.29) is 0 Å². The Morgan fingerprint density at radius 1 is 0.214 bits per heavy atom. The zero-order valence-corrected chi connectivity index (χ0v) is 38.5. The first-order valence-corrected chi connectivity index (χ1v) is 40.0. The van der Waals surface area contributed by atoms with Gasteiger partial charge in [-0.25, -0.2) is 0 Å². The highest BCUT2D eigenvalue weighted by atomic mass is 28.3. The highest BCUT2D eigenvalue weighted by Crippen LogP contribution is 2.38. The third-order valence-electron chi connectivity index (χ3n) is 8.94. The van der Waals surface area contributed by atoms with Crippen molar-refractivity contribution in [3.63, 3.8) is 0 Å². The predicted molar refractivity (Wildman–Crippen MR) is 218 cm³/mol. The first-order chi connectivity index (χ1) is 18.6. The Hall–Kier alpha value is 0.521. The molecule has 0 amide bonds. The number of hydrogen-bond acceptors (Lipinski definition) is 0. The van der Waals surface area contributed by atoms with Crippen LogP contribution in [0.2, 0.25) is 154 Å². The van der Waals surface area contributed by atoms with Crippen LogP contribution in [0.4, 0.5) is 0 Å². The van der Waals surface area contributed by atoms with E-state index in [1.54, 1.807) is 0 Å². The van der Waals surface area contributed by atoms with Crippen LogP contribution in [0.25, 0.3) is 0 Å². The monoisotopic (exact) mass is 678 g/mol. The van der Waals surface area contributed by atoms with Crippen molar-refractivity contribution in [2.24, 2.45) is 0 Å². The summed E-state index contributed by atoms with van der Waals surface area (Å²) in [6, 6.07) is 8.68. The van der Waals surface area contributed by atoms with Crippen LogP contribution in [0.1, 0.15) is 33.4 Å². The fourth-order valence-electron chi connectivity index (χ4n) is 5.90. The first-order valence-electron chi connectivity index (χ1n) is 17.7. The average molecular weight is 680 g/mol. The molecule has 0 radical (unpaired) electrons. The molecule has 0 N–H and O–H groups in total. The summed E-state index contributed by atoms with van der Waals surface area (Å²) in [5.74, 6) is 0. The van der Waals surface area contributed by atoms with Crippen LogP contribution in [0.3, 0.4) is 0 Å². The summed E-state index contributed by atoms with van der Waals surface area (Å²) >= 11 is 0. The number of rotatable bonds is 18. The molecule has 0 atom stereocenters. The highest BCUT2D eigenvalue weighted by Gasteiger charge is 2.29. The van der Waals surface area contributed by atoms with Crippen molar-refractivity contribution in [3.05, 3.63) is 33.4 Å². The van der Waals surface area contributed by atoms with E-state index in [4.69, 9.17) is 0 Å². The van der Waals surface area contributed by atoms with E-state index < -0.39 is 48.4 Å². The normalized spacial score (nSPS) is 14.1. The summed E-state index contributed by atoms with van der Waals surface area (Å²) < 4.78 is 0. The zero-order valence-electron chi connectivity index (χ0n) is 32.5. The average Bonchev–Trinajstić information content (AvgIpc) is 2.72. The summed E-state index contributed by atoms with van der Waals surface area (Å²) in [4.78, 5) is 0. The highest BCUT2D eigenvalue weighted by molar-refractivity contribution is 6.78. The lowest BCUT2D eigenvalue weighted by Crippen LogP contribution is -2.28. The van der Waals surface area contributed by atoms with Gasteiger partial charge in [0.25, 0.3) is 0 Å². The van der Waals surface area contributed by atoms with Gasteiger partial charge >= 0.3 is 0 Å². The van der Waals surface area contributed by atoms with Gasteiger partial charge in [-0.2, -0.15) is 0 Å². The third kappa shape index (κ3) is 17.3. The van der Waals surface area contributed by atoms with Gasteiger partial charge in [0.05, 0.1) is 0 Å². The Labute approximate surface area is 273 Å². The fourth-order valence-corrected chi connectivity index (χ4v) is 11.9. The van der Waals surface area contributed by atoms with E-state index >= 15 is 0 Å². The van der Waals surface area contributed by atoms with Crippen molar-refractivity contribution >= 4 is 48.4 Å². The third-order valence-corrected chi connectivity index (χ3v) is 19.4. The summed E-state index contributed by atoms with van der Waals surface area (Å²) in [6.45, 7) is 46.9. The Balaban J connectivity index is 4.23. The van der Waals surface area contributed by atoms with E-state index in [0.29, 0.717) is 0 Å². The second-order valence-electron chi connectivity index (χ2n) is 21.2. The lowest BCUT2D eigenvalue weighted by molar-refractivity contribution is 0.857. The molecule has 1 aromatic carbocycles. The molecule has 0 heterocycles. The molecule has 0 fully saturated rings. The summed E-state index contributed by atoms with van der Waals surface area (Å²) in [5.41, 5.74) is 11.3. The van der Waals surface area contributed by atoms with Gasteiger partial charge in [-0.15, -0.1) is 0 Å². The molecule has 1 rings (SSSR count). The molecule has 1 aromatic rings. The van der Waals surface area contributed by atoms with E-state index in [9.17, 15) is 0 Å². The lowest BCUT2D eigenvalue weighted by atomic mass is 9.81.